The highest BCUT2D eigenvalue weighted by atomic mass is 19.4. The summed E-state index contributed by atoms with van der Waals surface area (Å²) in [5.41, 5.74) is -0.896. The summed E-state index contributed by atoms with van der Waals surface area (Å²) in [5.74, 6) is -0.207. The zero-order valence-corrected chi connectivity index (χ0v) is 12.2. The molecule has 1 rings (SSSR count). The van der Waals surface area contributed by atoms with E-state index in [1.54, 1.807) is 0 Å². The van der Waals surface area contributed by atoms with Gasteiger partial charge in [-0.15, -0.1) is 0 Å². The number of hydrogen-bond acceptors (Lipinski definition) is 2. The van der Waals surface area contributed by atoms with E-state index in [4.69, 9.17) is 4.74 Å². The summed E-state index contributed by atoms with van der Waals surface area (Å²) in [5, 5.41) is 0. The molecule has 0 heterocycles. The van der Waals surface area contributed by atoms with Crippen molar-refractivity contribution < 1.29 is 22.7 Å². The van der Waals surface area contributed by atoms with Crippen molar-refractivity contribution in [2.45, 2.75) is 51.6 Å². The molecule has 0 bridgehead atoms. The monoisotopic (exact) mass is 302 g/mol. The number of alkyl halides is 3. The standard InChI is InChI=1S/C16H21F3O2/c1-2-3-4-5-6-7-10-21-15-9-8-13(12-20)11-14(15)16(17,18)19/h8-9,11-12H,2-7,10H2,1H3. The van der Waals surface area contributed by atoms with Gasteiger partial charge < -0.3 is 4.74 Å². The van der Waals surface area contributed by atoms with E-state index in [1.807, 2.05) is 0 Å². The second-order valence-electron chi connectivity index (χ2n) is 4.99. The number of unbranched alkanes of at least 4 members (excludes halogenated alkanes) is 5. The molecule has 0 aliphatic carbocycles. The molecule has 0 radical (unpaired) electrons. The van der Waals surface area contributed by atoms with Crippen LogP contribution in [0.25, 0.3) is 0 Å². The van der Waals surface area contributed by atoms with Crippen LogP contribution in [0.3, 0.4) is 0 Å². The molecule has 21 heavy (non-hydrogen) atoms. The Kier molecular flexibility index (Phi) is 7.26. The van der Waals surface area contributed by atoms with Crippen LogP contribution in [0.15, 0.2) is 18.2 Å². The van der Waals surface area contributed by atoms with Crippen molar-refractivity contribution in [3.05, 3.63) is 29.3 Å². The van der Waals surface area contributed by atoms with Gasteiger partial charge in [0.1, 0.15) is 12.0 Å². The van der Waals surface area contributed by atoms with Crippen molar-refractivity contribution in [1.82, 2.24) is 0 Å². The summed E-state index contributed by atoms with van der Waals surface area (Å²) in [6.07, 6.45) is 2.14. The van der Waals surface area contributed by atoms with Gasteiger partial charge in [-0.2, -0.15) is 13.2 Å². The van der Waals surface area contributed by atoms with E-state index in [0.717, 1.165) is 38.2 Å². The summed E-state index contributed by atoms with van der Waals surface area (Å²) in [4.78, 5) is 10.6. The maximum Gasteiger partial charge on any atom is 0.419 e. The van der Waals surface area contributed by atoms with Gasteiger partial charge >= 0.3 is 6.18 Å². The van der Waals surface area contributed by atoms with Crippen LogP contribution in [0.1, 0.15) is 61.4 Å². The Bertz CT molecular complexity index is 442. The third kappa shape index (κ3) is 6.19. The summed E-state index contributed by atoms with van der Waals surface area (Å²) < 4.78 is 43.9. The Morgan fingerprint density at radius 3 is 2.38 bits per heavy atom. The van der Waals surface area contributed by atoms with Gasteiger partial charge in [-0.25, -0.2) is 0 Å². The summed E-state index contributed by atoms with van der Waals surface area (Å²) in [7, 11) is 0. The lowest BCUT2D eigenvalue weighted by molar-refractivity contribution is -0.139. The SMILES string of the molecule is CCCCCCCCOc1ccc(C=O)cc1C(F)(F)F. The quantitative estimate of drug-likeness (QED) is 0.459. The molecule has 5 heteroatoms. The molecule has 0 N–H and O–H groups in total. The van der Waals surface area contributed by atoms with Gasteiger partial charge in [-0.1, -0.05) is 39.0 Å². The number of ether oxygens (including phenoxy) is 1. The van der Waals surface area contributed by atoms with Crippen LogP contribution in [0.2, 0.25) is 0 Å². The zero-order chi connectivity index (χ0) is 15.7. The lowest BCUT2D eigenvalue weighted by Gasteiger charge is -2.14. The molecule has 0 saturated carbocycles. The molecule has 0 spiro atoms. The molecule has 2 nitrogen and oxygen atoms in total. The minimum Gasteiger partial charge on any atom is -0.493 e. The van der Waals surface area contributed by atoms with Gasteiger partial charge in [0.05, 0.1) is 12.2 Å². The van der Waals surface area contributed by atoms with E-state index in [1.165, 1.54) is 18.6 Å². The largest absolute Gasteiger partial charge is 0.493 e. The van der Waals surface area contributed by atoms with Crippen LogP contribution in [-0.2, 0) is 6.18 Å². The van der Waals surface area contributed by atoms with Crippen LogP contribution in [0, 0.1) is 0 Å². The average Bonchev–Trinajstić information content (AvgIpc) is 2.45. The van der Waals surface area contributed by atoms with Crippen molar-refractivity contribution in [1.29, 1.82) is 0 Å². The first kappa shape index (κ1) is 17.5. The number of aldehydes is 1. The molecule has 0 unspecified atom stereocenters. The smallest absolute Gasteiger partial charge is 0.419 e. The summed E-state index contributed by atoms with van der Waals surface area (Å²) >= 11 is 0. The van der Waals surface area contributed by atoms with Crippen molar-refractivity contribution in [3.8, 4) is 5.75 Å². The minimum absolute atomic E-state index is 0.00533. The van der Waals surface area contributed by atoms with Crippen LogP contribution >= 0.6 is 0 Å². The molecule has 0 aromatic heterocycles. The molecule has 1 aromatic carbocycles. The number of carbonyl (C=O) groups excluding carboxylic acids is 1. The van der Waals surface area contributed by atoms with Gasteiger partial charge in [-0.05, 0) is 24.6 Å². The number of halogens is 3. The first-order valence-electron chi connectivity index (χ1n) is 7.28. The maximum atomic E-state index is 12.9. The van der Waals surface area contributed by atoms with Gasteiger partial charge in [0, 0.05) is 5.56 Å². The third-order valence-corrected chi connectivity index (χ3v) is 3.20. The van der Waals surface area contributed by atoms with Gasteiger partial charge in [0.15, 0.2) is 0 Å². The van der Waals surface area contributed by atoms with E-state index in [-0.39, 0.29) is 17.9 Å². The minimum atomic E-state index is -4.52. The molecule has 0 saturated heterocycles. The molecule has 0 amide bonds. The van der Waals surface area contributed by atoms with Crippen LogP contribution in [-0.4, -0.2) is 12.9 Å². The molecule has 0 aliphatic heterocycles. The first-order chi connectivity index (χ1) is 9.99. The van der Waals surface area contributed by atoms with E-state index in [9.17, 15) is 18.0 Å². The van der Waals surface area contributed by atoms with Crippen LogP contribution < -0.4 is 4.74 Å². The van der Waals surface area contributed by atoms with Crippen molar-refractivity contribution >= 4 is 6.29 Å². The van der Waals surface area contributed by atoms with Gasteiger partial charge in [0.25, 0.3) is 0 Å². The van der Waals surface area contributed by atoms with Gasteiger partial charge in [-0.3, -0.25) is 4.79 Å². The highest BCUT2D eigenvalue weighted by molar-refractivity contribution is 5.75. The molecule has 118 valence electrons. The average molecular weight is 302 g/mol. The molecule has 0 aliphatic rings. The van der Waals surface area contributed by atoms with Crippen molar-refractivity contribution in [2.24, 2.45) is 0 Å². The normalized spacial score (nSPS) is 11.4. The predicted octanol–water partition coefficient (Wildman–Crippen LogP) is 5.26. The van der Waals surface area contributed by atoms with Gasteiger partial charge in [0.2, 0.25) is 0 Å². The van der Waals surface area contributed by atoms with Crippen molar-refractivity contribution in [3.63, 3.8) is 0 Å². The zero-order valence-electron chi connectivity index (χ0n) is 12.2. The highest BCUT2D eigenvalue weighted by Gasteiger charge is 2.34. The van der Waals surface area contributed by atoms with E-state index in [2.05, 4.69) is 6.92 Å². The molecule has 0 atom stereocenters. The molecule has 1 aromatic rings. The van der Waals surface area contributed by atoms with E-state index >= 15 is 0 Å². The fraction of sp³-hybridized carbons (Fsp3) is 0.562. The molecular formula is C16H21F3O2. The highest BCUT2D eigenvalue weighted by Crippen LogP contribution is 2.36. The summed E-state index contributed by atoms with van der Waals surface area (Å²) in [6, 6.07) is 3.37. The lowest BCUT2D eigenvalue weighted by atomic mass is 10.1. The number of rotatable bonds is 9. The predicted molar refractivity (Wildman–Crippen MR) is 75.7 cm³/mol. The Hall–Kier alpha value is -1.52. The first-order valence-corrected chi connectivity index (χ1v) is 7.28. The Labute approximate surface area is 123 Å². The topological polar surface area (TPSA) is 26.3 Å². The second-order valence-corrected chi connectivity index (χ2v) is 4.99. The fourth-order valence-electron chi connectivity index (χ4n) is 2.03. The maximum absolute atomic E-state index is 12.9. The summed E-state index contributed by atoms with van der Waals surface area (Å²) in [6.45, 7) is 2.39. The molecular weight excluding hydrogens is 281 g/mol. The van der Waals surface area contributed by atoms with Crippen molar-refractivity contribution in [2.75, 3.05) is 6.61 Å². The van der Waals surface area contributed by atoms with E-state index in [0.29, 0.717) is 6.29 Å². The lowest BCUT2D eigenvalue weighted by Crippen LogP contribution is -2.10. The van der Waals surface area contributed by atoms with Crippen LogP contribution in [0.5, 0.6) is 5.75 Å². The van der Waals surface area contributed by atoms with Crippen LogP contribution in [0.4, 0.5) is 13.2 Å². The molecule has 0 fully saturated rings. The fourth-order valence-corrected chi connectivity index (χ4v) is 2.03. The third-order valence-electron chi connectivity index (χ3n) is 3.20. The number of hydrogen-bond donors (Lipinski definition) is 0. The number of carbonyl (C=O) groups is 1. The Morgan fingerprint density at radius 1 is 1.10 bits per heavy atom. The van der Waals surface area contributed by atoms with E-state index < -0.39 is 11.7 Å². The Morgan fingerprint density at radius 2 is 1.76 bits per heavy atom. The second kappa shape index (κ2) is 8.70. The number of benzene rings is 1. The Balaban J connectivity index is 2.52.